The molecule has 2 saturated carbocycles. The Kier molecular flexibility index (Phi) is 3.33. The topological polar surface area (TPSA) is 63.2 Å². The van der Waals surface area contributed by atoms with Crippen molar-refractivity contribution in [1.29, 1.82) is 0 Å². The van der Waals surface area contributed by atoms with Gasteiger partial charge in [0.05, 0.1) is 0 Å². The molecule has 1 unspecified atom stereocenters. The van der Waals surface area contributed by atoms with Crippen molar-refractivity contribution in [1.82, 2.24) is 4.72 Å². The van der Waals surface area contributed by atoms with Crippen molar-refractivity contribution in [2.75, 3.05) is 5.75 Å². The Balaban J connectivity index is 1.92. The molecule has 2 rings (SSSR count). The van der Waals surface area contributed by atoms with Gasteiger partial charge in [-0.25, -0.2) is 8.42 Å². The fourth-order valence-electron chi connectivity index (χ4n) is 2.85. The highest BCUT2D eigenvalue weighted by Gasteiger charge is 2.55. The third-order valence-electron chi connectivity index (χ3n) is 3.57. The SMILES string of the molecule is O=C(NS(=O)(=O)CC(F)(F)F)C1[C@H]2CCCC[C@@H]12. The highest BCUT2D eigenvalue weighted by atomic mass is 32.2. The molecule has 2 aliphatic carbocycles. The maximum absolute atomic E-state index is 12.0. The van der Waals surface area contributed by atoms with E-state index in [-0.39, 0.29) is 11.8 Å². The number of alkyl halides is 3. The summed E-state index contributed by atoms with van der Waals surface area (Å²) in [6, 6.07) is 0. The monoisotopic (exact) mass is 285 g/mol. The van der Waals surface area contributed by atoms with Gasteiger partial charge in [0.25, 0.3) is 0 Å². The maximum atomic E-state index is 12.0. The third-order valence-corrected chi connectivity index (χ3v) is 4.79. The Morgan fingerprint density at radius 1 is 1.17 bits per heavy atom. The lowest BCUT2D eigenvalue weighted by Gasteiger charge is -2.08. The van der Waals surface area contributed by atoms with Crippen molar-refractivity contribution in [3.8, 4) is 0 Å². The molecule has 2 aliphatic rings. The van der Waals surface area contributed by atoms with Crippen LogP contribution in [0.3, 0.4) is 0 Å². The van der Waals surface area contributed by atoms with Crippen LogP contribution in [0.4, 0.5) is 13.2 Å². The van der Waals surface area contributed by atoms with Gasteiger partial charge < -0.3 is 0 Å². The fourth-order valence-corrected chi connectivity index (χ4v) is 3.80. The van der Waals surface area contributed by atoms with Gasteiger partial charge in [-0.1, -0.05) is 12.8 Å². The summed E-state index contributed by atoms with van der Waals surface area (Å²) in [5.41, 5.74) is 0. The standard InChI is InChI=1S/C10H14F3NO3S/c11-10(12,13)5-18(16,17)14-9(15)8-6-3-1-2-4-7(6)8/h6-8H,1-5H2,(H,14,15)/t6-,7+,8?. The molecule has 0 saturated heterocycles. The molecule has 0 aromatic carbocycles. The number of carbonyl (C=O) groups excluding carboxylic acids is 1. The van der Waals surface area contributed by atoms with Gasteiger partial charge in [-0.2, -0.15) is 13.2 Å². The molecular formula is C10H14F3NO3S. The zero-order valence-electron chi connectivity index (χ0n) is 9.53. The lowest BCUT2D eigenvalue weighted by Crippen LogP contribution is -2.38. The molecule has 3 atom stereocenters. The van der Waals surface area contributed by atoms with Crippen LogP contribution >= 0.6 is 0 Å². The zero-order valence-corrected chi connectivity index (χ0v) is 10.4. The number of halogens is 3. The van der Waals surface area contributed by atoms with Gasteiger partial charge in [0.2, 0.25) is 15.9 Å². The highest BCUT2D eigenvalue weighted by Crippen LogP contribution is 2.55. The number of fused-ring (bicyclic) bond motifs is 1. The molecular weight excluding hydrogens is 271 g/mol. The van der Waals surface area contributed by atoms with Crippen LogP contribution in [0, 0.1) is 17.8 Å². The van der Waals surface area contributed by atoms with E-state index in [0.717, 1.165) is 25.7 Å². The van der Waals surface area contributed by atoms with E-state index in [1.165, 1.54) is 0 Å². The van der Waals surface area contributed by atoms with Gasteiger partial charge >= 0.3 is 6.18 Å². The summed E-state index contributed by atoms with van der Waals surface area (Å²) in [4.78, 5) is 11.6. The van der Waals surface area contributed by atoms with Crippen LogP contribution in [0.25, 0.3) is 0 Å². The molecule has 18 heavy (non-hydrogen) atoms. The number of amides is 1. The second kappa shape index (κ2) is 4.40. The van der Waals surface area contributed by atoms with Crippen LogP contribution in [0.1, 0.15) is 25.7 Å². The second-order valence-electron chi connectivity index (χ2n) is 4.98. The van der Waals surface area contributed by atoms with E-state index in [9.17, 15) is 26.4 Å². The Hall–Kier alpha value is -0.790. The molecule has 2 fully saturated rings. The molecule has 0 aliphatic heterocycles. The van der Waals surface area contributed by atoms with Crippen LogP contribution in [-0.4, -0.2) is 26.3 Å². The first-order valence-corrected chi connectivity index (χ1v) is 7.46. The van der Waals surface area contributed by atoms with Gasteiger partial charge in [0.1, 0.15) is 0 Å². The van der Waals surface area contributed by atoms with E-state index >= 15 is 0 Å². The first kappa shape index (κ1) is 13.6. The summed E-state index contributed by atoms with van der Waals surface area (Å²) in [5.74, 6) is -2.85. The predicted molar refractivity (Wildman–Crippen MR) is 56.9 cm³/mol. The maximum Gasteiger partial charge on any atom is 0.404 e. The Morgan fingerprint density at radius 3 is 2.11 bits per heavy atom. The van der Waals surface area contributed by atoms with Crippen molar-refractivity contribution in [3.05, 3.63) is 0 Å². The molecule has 0 aromatic rings. The minimum absolute atomic E-state index is 0.167. The van der Waals surface area contributed by atoms with E-state index in [4.69, 9.17) is 0 Å². The molecule has 0 spiro atoms. The minimum atomic E-state index is -4.83. The minimum Gasteiger partial charge on any atom is -0.274 e. The van der Waals surface area contributed by atoms with Crippen molar-refractivity contribution < 1.29 is 26.4 Å². The molecule has 0 aromatic heterocycles. The van der Waals surface area contributed by atoms with Gasteiger partial charge in [0.15, 0.2) is 5.75 Å². The summed E-state index contributed by atoms with van der Waals surface area (Å²) in [6.45, 7) is 0. The van der Waals surface area contributed by atoms with Crippen LogP contribution in [0.5, 0.6) is 0 Å². The Morgan fingerprint density at radius 2 is 1.67 bits per heavy atom. The van der Waals surface area contributed by atoms with E-state index < -0.39 is 33.8 Å². The number of nitrogens with one attached hydrogen (secondary N) is 1. The average molecular weight is 285 g/mol. The number of sulfonamides is 1. The van der Waals surface area contributed by atoms with Gasteiger partial charge in [0, 0.05) is 5.92 Å². The summed E-state index contributed by atoms with van der Waals surface area (Å²) in [5, 5.41) is 0. The summed E-state index contributed by atoms with van der Waals surface area (Å²) in [7, 11) is -4.61. The average Bonchev–Trinajstić information content (AvgIpc) is 2.85. The quantitative estimate of drug-likeness (QED) is 0.853. The van der Waals surface area contributed by atoms with E-state index in [1.54, 1.807) is 4.72 Å². The van der Waals surface area contributed by atoms with Gasteiger partial charge in [-0.3, -0.25) is 9.52 Å². The van der Waals surface area contributed by atoms with E-state index in [1.807, 2.05) is 0 Å². The Bertz CT molecular complexity index is 434. The lowest BCUT2D eigenvalue weighted by atomic mass is 10.0. The molecule has 0 heterocycles. The first-order chi connectivity index (χ1) is 8.20. The molecule has 8 heteroatoms. The number of carbonyl (C=O) groups is 1. The molecule has 4 nitrogen and oxygen atoms in total. The normalized spacial score (nSPS) is 31.6. The summed E-state index contributed by atoms with van der Waals surface area (Å²) >= 11 is 0. The van der Waals surface area contributed by atoms with Crippen molar-refractivity contribution in [3.63, 3.8) is 0 Å². The number of rotatable bonds is 3. The fraction of sp³-hybridized carbons (Fsp3) is 0.900. The Labute approximate surface area is 103 Å². The van der Waals surface area contributed by atoms with Crippen molar-refractivity contribution >= 4 is 15.9 Å². The van der Waals surface area contributed by atoms with Crippen LogP contribution in [0.2, 0.25) is 0 Å². The van der Waals surface area contributed by atoms with Crippen LogP contribution in [-0.2, 0) is 14.8 Å². The van der Waals surface area contributed by atoms with E-state index in [2.05, 4.69) is 0 Å². The van der Waals surface area contributed by atoms with Crippen LogP contribution < -0.4 is 4.72 Å². The van der Waals surface area contributed by atoms with Crippen LogP contribution in [0.15, 0.2) is 0 Å². The molecule has 0 radical (unpaired) electrons. The van der Waals surface area contributed by atoms with Crippen molar-refractivity contribution in [2.45, 2.75) is 31.9 Å². The molecule has 104 valence electrons. The number of hydrogen-bond donors (Lipinski definition) is 1. The molecule has 0 bridgehead atoms. The number of hydrogen-bond acceptors (Lipinski definition) is 3. The summed E-state index contributed by atoms with van der Waals surface area (Å²) < 4.78 is 59.8. The van der Waals surface area contributed by atoms with E-state index in [0.29, 0.717) is 0 Å². The third kappa shape index (κ3) is 3.15. The largest absolute Gasteiger partial charge is 0.404 e. The predicted octanol–water partition coefficient (Wildman–Crippen LogP) is 1.43. The lowest BCUT2D eigenvalue weighted by molar-refractivity contribution is -0.121. The molecule has 1 amide bonds. The van der Waals surface area contributed by atoms with Crippen molar-refractivity contribution in [2.24, 2.45) is 17.8 Å². The second-order valence-corrected chi connectivity index (χ2v) is 6.70. The zero-order chi connectivity index (χ0) is 13.6. The summed E-state index contributed by atoms with van der Waals surface area (Å²) in [6.07, 6.45) is -1.10. The first-order valence-electron chi connectivity index (χ1n) is 5.81. The van der Waals surface area contributed by atoms with Gasteiger partial charge in [-0.05, 0) is 24.7 Å². The molecule has 1 N–H and O–H groups in total. The smallest absolute Gasteiger partial charge is 0.274 e. The highest BCUT2D eigenvalue weighted by molar-refractivity contribution is 7.90. The van der Waals surface area contributed by atoms with Gasteiger partial charge in [-0.15, -0.1) is 0 Å².